The van der Waals surface area contributed by atoms with Crippen LogP contribution in [0.1, 0.15) is 20.8 Å². The molecule has 0 spiro atoms. The molecule has 2 aliphatic rings. The number of nitrogens with zero attached hydrogens (tertiary/aromatic N) is 1. The predicted octanol–water partition coefficient (Wildman–Crippen LogP) is 2.72. The van der Waals surface area contributed by atoms with Crippen LogP contribution in [0, 0.1) is 0 Å². The highest BCUT2D eigenvalue weighted by molar-refractivity contribution is 8.05. The van der Waals surface area contributed by atoms with Crippen LogP contribution in [0.3, 0.4) is 0 Å². The summed E-state index contributed by atoms with van der Waals surface area (Å²) in [5.41, 5.74) is -1.42. The normalized spacial score (nSPS) is 23.3. The number of carbonyl (C=O) groups is 2. The molecule has 0 amide bonds. The molecule has 0 saturated carbocycles. The van der Waals surface area contributed by atoms with Gasteiger partial charge in [-0.15, -0.1) is 0 Å². The average molecular weight is 331 g/mol. The number of aliphatic carboxylic acids is 1. The minimum absolute atomic E-state index is 0.0763. The smallest absolute Gasteiger partial charge is 0.354 e. The predicted molar refractivity (Wildman–Crippen MR) is 77.0 cm³/mol. The van der Waals surface area contributed by atoms with Crippen LogP contribution in [0.15, 0.2) is 35.0 Å². The molecular formula is C14H15F2NO4S. The van der Waals surface area contributed by atoms with E-state index in [1.54, 1.807) is 20.8 Å². The van der Waals surface area contributed by atoms with Gasteiger partial charge in [0.1, 0.15) is 22.2 Å². The number of carboxylic acids is 1. The number of carbonyl (C=O) groups excluding carboxylic acids is 1. The first-order valence-electron chi connectivity index (χ1n) is 6.44. The second-order valence-electron chi connectivity index (χ2n) is 5.73. The molecule has 5 nitrogen and oxygen atoms in total. The molecule has 0 radical (unpaired) electrons. The summed E-state index contributed by atoms with van der Waals surface area (Å²) >= 11 is -0.0763. The molecule has 22 heavy (non-hydrogen) atoms. The number of carboxylic acid groups (broad SMARTS) is 1. The summed E-state index contributed by atoms with van der Waals surface area (Å²) in [6.45, 7) is 4.72. The van der Waals surface area contributed by atoms with Gasteiger partial charge in [-0.05, 0) is 38.6 Å². The number of alkyl halides is 2. The van der Waals surface area contributed by atoms with Crippen LogP contribution in [0.2, 0.25) is 0 Å². The molecule has 0 aromatic carbocycles. The minimum Gasteiger partial charge on any atom is -0.477 e. The quantitative estimate of drug-likeness (QED) is 0.785. The van der Waals surface area contributed by atoms with E-state index in [1.807, 2.05) is 0 Å². The SMILES string of the molecule is CC(C)(C)OC(=O)C1=C(C(=O)O)N2C=CC=CC2C(F)(F)S1. The lowest BCUT2D eigenvalue weighted by Gasteiger charge is -2.40. The van der Waals surface area contributed by atoms with E-state index >= 15 is 0 Å². The summed E-state index contributed by atoms with van der Waals surface area (Å²) in [6.07, 6.45) is 5.25. The number of halogens is 2. The van der Waals surface area contributed by atoms with E-state index in [4.69, 9.17) is 4.74 Å². The summed E-state index contributed by atoms with van der Waals surface area (Å²) in [6, 6.07) is -1.46. The number of thioether (sulfide) groups is 1. The van der Waals surface area contributed by atoms with Gasteiger partial charge in [-0.25, -0.2) is 9.59 Å². The Balaban J connectivity index is 2.51. The second kappa shape index (κ2) is 5.42. The summed E-state index contributed by atoms with van der Waals surface area (Å²) in [4.78, 5) is 23.9. The summed E-state index contributed by atoms with van der Waals surface area (Å²) in [5.74, 6) is -2.54. The third-order valence-corrected chi connectivity index (χ3v) is 3.87. The fourth-order valence-electron chi connectivity index (χ4n) is 2.02. The molecule has 2 rings (SSSR count). The van der Waals surface area contributed by atoms with E-state index in [-0.39, 0.29) is 11.8 Å². The Labute approximate surface area is 130 Å². The van der Waals surface area contributed by atoms with E-state index in [9.17, 15) is 23.5 Å². The van der Waals surface area contributed by atoms with Gasteiger partial charge >= 0.3 is 17.2 Å². The molecule has 1 atom stereocenters. The Hall–Kier alpha value is -1.83. The summed E-state index contributed by atoms with van der Waals surface area (Å²) in [7, 11) is 0. The Morgan fingerprint density at radius 1 is 1.36 bits per heavy atom. The van der Waals surface area contributed by atoms with E-state index < -0.39 is 39.4 Å². The Morgan fingerprint density at radius 2 is 2.00 bits per heavy atom. The molecule has 0 aliphatic carbocycles. The highest BCUT2D eigenvalue weighted by Crippen LogP contribution is 2.48. The van der Waals surface area contributed by atoms with Crippen molar-refractivity contribution < 1.29 is 28.2 Å². The van der Waals surface area contributed by atoms with Crippen LogP contribution in [-0.2, 0) is 14.3 Å². The third kappa shape index (κ3) is 3.16. The molecule has 0 fully saturated rings. The minimum atomic E-state index is -3.35. The summed E-state index contributed by atoms with van der Waals surface area (Å²) < 4.78 is 33.5. The fourth-order valence-corrected chi connectivity index (χ4v) is 3.02. The molecule has 120 valence electrons. The number of hydrogen-bond donors (Lipinski definition) is 1. The number of hydrogen-bond acceptors (Lipinski definition) is 5. The lowest BCUT2D eigenvalue weighted by atomic mass is 10.1. The molecule has 2 aliphatic heterocycles. The number of esters is 1. The maximum absolute atomic E-state index is 14.2. The van der Waals surface area contributed by atoms with Gasteiger partial charge in [-0.2, -0.15) is 8.78 Å². The molecule has 8 heteroatoms. The molecule has 1 unspecified atom stereocenters. The zero-order valence-electron chi connectivity index (χ0n) is 12.2. The molecule has 2 heterocycles. The van der Waals surface area contributed by atoms with Gasteiger partial charge in [-0.3, -0.25) is 0 Å². The first-order chi connectivity index (χ1) is 10.0. The number of rotatable bonds is 2. The highest BCUT2D eigenvalue weighted by atomic mass is 32.2. The average Bonchev–Trinajstić information content (AvgIpc) is 2.35. The van der Waals surface area contributed by atoms with Crippen molar-refractivity contribution in [2.24, 2.45) is 0 Å². The second-order valence-corrected chi connectivity index (χ2v) is 6.88. The van der Waals surface area contributed by atoms with Crippen molar-refractivity contribution in [2.75, 3.05) is 0 Å². The first kappa shape index (κ1) is 16.5. The van der Waals surface area contributed by atoms with Crippen molar-refractivity contribution in [1.29, 1.82) is 0 Å². The topological polar surface area (TPSA) is 66.8 Å². The largest absolute Gasteiger partial charge is 0.477 e. The monoisotopic (exact) mass is 331 g/mol. The van der Waals surface area contributed by atoms with Crippen LogP contribution in [0.25, 0.3) is 0 Å². The van der Waals surface area contributed by atoms with E-state index in [0.29, 0.717) is 0 Å². The van der Waals surface area contributed by atoms with Crippen molar-refractivity contribution >= 4 is 23.7 Å². The molecule has 0 aromatic heterocycles. The first-order valence-corrected chi connectivity index (χ1v) is 7.25. The van der Waals surface area contributed by atoms with Crippen molar-refractivity contribution in [3.05, 3.63) is 35.0 Å². The van der Waals surface area contributed by atoms with E-state index in [2.05, 4.69) is 0 Å². The van der Waals surface area contributed by atoms with E-state index in [1.165, 1.54) is 24.4 Å². The van der Waals surface area contributed by atoms with Crippen molar-refractivity contribution in [2.45, 2.75) is 37.7 Å². The molecule has 0 saturated heterocycles. The molecule has 0 bridgehead atoms. The van der Waals surface area contributed by atoms with Gasteiger partial charge in [0.2, 0.25) is 0 Å². The highest BCUT2D eigenvalue weighted by Gasteiger charge is 2.52. The van der Waals surface area contributed by atoms with Gasteiger partial charge in [0.25, 0.3) is 0 Å². The van der Waals surface area contributed by atoms with Crippen LogP contribution < -0.4 is 0 Å². The van der Waals surface area contributed by atoms with Gasteiger partial charge < -0.3 is 14.7 Å². The number of fused-ring (bicyclic) bond motifs is 1. The lowest BCUT2D eigenvalue weighted by molar-refractivity contribution is -0.150. The van der Waals surface area contributed by atoms with Crippen LogP contribution >= 0.6 is 11.8 Å². The third-order valence-electron chi connectivity index (χ3n) is 2.79. The van der Waals surface area contributed by atoms with Gasteiger partial charge in [-0.1, -0.05) is 12.2 Å². The van der Waals surface area contributed by atoms with Crippen molar-refractivity contribution in [1.82, 2.24) is 4.90 Å². The Morgan fingerprint density at radius 3 is 2.55 bits per heavy atom. The van der Waals surface area contributed by atoms with E-state index in [0.717, 1.165) is 4.90 Å². The Bertz CT molecular complexity index is 604. The van der Waals surface area contributed by atoms with Crippen LogP contribution in [-0.4, -0.2) is 38.8 Å². The van der Waals surface area contributed by atoms with Crippen molar-refractivity contribution in [3.63, 3.8) is 0 Å². The zero-order valence-corrected chi connectivity index (χ0v) is 13.0. The standard InChI is InChI=1S/C14H15F2NO4S/c1-13(2,3)21-12(20)10-9(11(18)19)17-7-5-4-6-8(17)14(15,16)22-10/h4-8H,1-3H3,(H,18,19). The maximum atomic E-state index is 14.2. The molecule has 1 N–H and O–H groups in total. The van der Waals surface area contributed by atoms with Crippen LogP contribution in [0.4, 0.5) is 8.78 Å². The zero-order chi connectivity index (χ0) is 16.7. The van der Waals surface area contributed by atoms with Crippen LogP contribution in [0.5, 0.6) is 0 Å². The Kier molecular flexibility index (Phi) is 4.08. The molecular weight excluding hydrogens is 316 g/mol. The summed E-state index contributed by atoms with van der Waals surface area (Å²) in [5, 5.41) is 5.99. The lowest BCUT2D eigenvalue weighted by Crippen LogP contribution is -2.48. The number of ether oxygens (including phenoxy) is 1. The molecule has 0 aromatic rings. The maximum Gasteiger partial charge on any atom is 0.354 e. The van der Waals surface area contributed by atoms with Gasteiger partial charge in [0, 0.05) is 6.20 Å². The number of allylic oxidation sites excluding steroid dienone is 2. The van der Waals surface area contributed by atoms with Gasteiger partial charge in [0.15, 0.2) is 0 Å². The van der Waals surface area contributed by atoms with Gasteiger partial charge in [0.05, 0.1) is 0 Å². The fraction of sp³-hybridized carbons (Fsp3) is 0.429. The van der Waals surface area contributed by atoms with Crippen molar-refractivity contribution in [3.8, 4) is 0 Å².